The van der Waals surface area contributed by atoms with Gasteiger partial charge in [-0.25, -0.2) is 0 Å². The van der Waals surface area contributed by atoms with Gasteiger partial charge in [-0.15, -0.1) is 0 Å². The Kier molecular flexibility index (Phi) is 5.77. The maximum atomic E-state index is 2.56. The van der Waals surface area contributed by atoms with Crippen LogP contribution in [-0.2, 0) is 5.41 Å². The van der Waals surface area contributed by atoms with Crippen molar-refractivity contribution < 1.29 is 0 Å². The van der Waals surface area contributed by atoms with Crippen molar-refractivity contribution in [3.05, 3.63) is 174 Å². The summed E-state index contributed by atoms with van der Waals surface area (Å²) in [4.78, 5) is 4.98. The van der Waals surface area contributed by atoms with Crippen molar-refractivity contribution in [2.24, 2.45) is 0 Å². The lowest BCUT2D eigenvalue weighted by Crippen LogP contribution is -2.42. The van der Waals surface area contributed by atoms with Crippen LogP contribution in [-0.4, -0.2) is 5.54 Å². The monoisotopic (exact) mass is 592 g/mol. The molecule has 2 unspecified atom stereocenters. The van der Waals surface area contributed by atoms with Crippen molar-refractivity contribution in [2.75, 3.05) is 9.80 Å². The molecule has 46 heavy (non-hydrogen) atoms. The minimum absolute atomic E-state index is 0.149. The Bertz CT molecular complexity index is 2220. The lowest BCUT2D eigenvalue weighted by atomic mass is 9.80. The van der Waals surface area contributed by atoms with Crippen LogP contribution < -0.4 is 9.80 Å². The standard InChI is InChI=1S/C44H36N2/c1-43(2)39-28-32(45(31-16-5-4-6-17-31)41-22-13-15-30-14-7-8-18-34(30)41)23-25-35(39)36-26-24-33(29-40(36)43)46-42-21-10-9-19-37(42)38-20-11-12-27-44(38,46)3/h4-29,38H,1-3H3. The Morgan fingerprint density at radius 1 is 0.609 bits per heavy atom. The first-order valence-corrected chi connectivity index (χ1v) is 16.3. The van der Waals surface area contributed by atoms with Gasteiger partial charge in [0.05, 0.1) is 11.2 Å². The van der Waals surface area contributed by atoms with Gasteiger partial charge >= 0.3 is 0 Å². The van der Waals surface area contributed by atoms with E-state index in [1.165, 1.54) is 61.3 Å². The summed E-state index contributed by atoms with van der Waals surface area (Å²) in [5.74, 6) is 0.327. The van der Waals surface area contributed by atoms with Gasteiger partial charge in [0.25, 0.3) is 0 Å². The molecule has 0 amide bonds. The van der Waals surface area contributed by atoms with Gasteiger partial charge in [-0.1, -0.05) is 123 Å². The molecule has 2 heteroatoms. The van der Waals surface area contributed by atoms with E-state index in [1.807, 2.05) is 0 Å². The molecule has 2 nitrogen and oxygen atoms in total. The SMILES string of the molecule is CC1(C)c2cc(N(c3ccccc3)c3cccc4ccccc34)ccc2-c2ccc(N3c4ccccc4C4C=CC=CC43C)cc21. The topological polar surface area (TPSA) is 6.48 Å². The van der Waals surface area contributed by atoms with Crippen LogP contribution in [0.25, 0.3) is 21.9 Å². The first-order valence-electron chi connectivity index (χ1n) is 16.3. The first-order chi connectivity index (χ1) is 22.4. The fraction of sp³-hybridized carbons (Fsp3) is 0.136. The average Bonchev–Trinajstić information content (AvgIpc) is 3.49. The predicted molar refractivity (Wildman–Crippen MR) is 194 cm³/mol. The van der Waals surface area contributed by atoms with Gasteiger partial charge in [0.1, 0.15) is 0 Å². The van der Waals surface area contributed by atoms with E-state index in [9.17, 15) is 0 Å². The smallest absolute Gasteiger partial charge is 0.0712 e. The normalized spacial score (nSPS) is 19.9. The van der Waals surface area contributed by atoms with E-state index in [0.29, 0.717) is 5.92 Å². The van der Waals surface area contributed by atoms with E-state index in [4.69, 9.17) is 0 Å². The molecule has 0 N–H and O–H groups in total. The van der Waals surface area contributed by atoms with Crippen molar-refractivity contribution in [1.29, 1.82) is 0 Å². The molecule has 1 aliphatic heterocycles. The Morgan fingerprint density at radius 2 is 1.33 bits per heavy atom. The van der Waals surface area contributed by atoms with Crippen LogP contribution in [0.4, 0.5) is 28.4 Å². The molecule has 6 aromatic carbocycles. The summed E-state index contributed by atoms with van der Waals surface area (Å²) in [6.07, 6.45) is 9.15. The Balaban J connectivity index is 1.18. The molecule has 0 fully saturated rings. The van der Waals surface area contributed by atoms with Crippen LogP contribution in [0.1, 0.15) is 43.4 Å². The summed E-state index contributed by atoms with van der Waals surface area (Å²) in [6.45, 7) is 7.16. The number of fused-ring (bicyclic) bond motifs is 7. The molecule has 222 valence electrons. The molecule has 9 rings (SSSR count). The molecule has 2 aliphatic carbocycles. The van der Waals surface area contributed by atoms with E-state index in [0.717, 1.165) is 5.69 Å². The minimum atomic E-state index is -0.167. The van der Waals surface area contributed by atoms with Crippen molar-refractivity contribution in [3.63, 3.8) is 0 Å². The predicted octanol–water partition coefficient (Wildman–Crippen LogP) is 11.7. The van der Waals surface area contributed by atoms with Crippen LogP contribution in [0, 0.1) is 0 Å². The summed E-state index contributed by atoms with van der Waals surface area (Å²) in [7, 11) is 0. The number of nitrogens with zero attached hydrogens (tertiary/aromatic N) is 2. The zero-order chi connectivity index (χ0) is 31.0. The van der Waals surface area contributed by atoms with Crippen LogP contribution in [0.2, 0.25) is 0 Å². The minimum Gasteiger partial charge on any atom is -0.331 e. The molecule has 0 saturated carbocycles. The largest absolute Gasteiger partial charge is 0.331 e. The van der Waals surface area contributed by atoms with Crippen molar-refractivity contribution in [3.8, 4) is 11.1 Å². The number of rotatable bonds is 4. The maximum Gasteiger partial charge on any atom is 0.0712 e. The van der Waals surface area contributed by atoms with Gasteiger partial charge in [-0.3, -0.25) is 0 Å². The molecule has 0 bridgehead atoms. The molecule has 6 aromatic rings. The van der Waals surface area contributed by atoms with Gasteiger partial charge in [-0.2, -0.15) is 0 Å². The van der Waals surface area contributed by atoms with Crippen LogP contribution >= 0.6 is 0 Å². The van der Waals surface area contributed by atoms with Crippen molar-refractivity contribution in [2.45, 2.75) is 37.6 Å². The highest BCUT2D eigenvalue weighted by Crippen LogP contribution is 2.56. The third kappa shape index (κ3) is 3.77. The summed E-state index contributed by atoms with van der Waals surface area (Å²) in [5.41, 5.74) is 12.5. The van der Waals surface area contributed by atoms with E-state index in [2.05, 4.69) is 188 Å². The van der Waals surface area contributed by atoms with Gasteiger partial charge < -0.3 is 9.80 Å². The summed E-state index contributed by atoms with van der Waals surface area (Å²) < 4.78 is 0. The Hall–Kier alpha value is -5.34. The highest BCUT2D eigenvalue weighted by molar-refractivity contribution is 5.99. The van der Waals surface area contributed by atoms with Gasteiger partial charge in [0.2, 0.25) is 0 Å². The van der Waals surface area contributed by atoms with Crippen LogP contribution in [0.3, 0.4) is 0 Å². The van der Waals surface area contributed by atoms with Crippen molar-refractivity contribution in [1.82, 2.24) is 0 Å². The molecule has 0 radical (unpaired) electrons. The van der Waals surface area contributed by atoms with Crippen LogP contribution in [0.15, 0.2) is 158 Å². The third-order valence-electron chi connectivity index (χ3n) is 10.7. The number of benzene rings is 6. The third-order valence-corrected chi connectivity index (χ3v) is 10.7. The zero-order valence-corrected chi connectivity index (χ0v) is 26.5. The Labute approximate surface area is 271 Å². The molecule has 1 heterocycles. The molecule has 3 aliphatic rings. The molecule has 0 aromatic heterocycles. The lowest BCUT2D eigenvalue weighted by molar-refractivity contribution is 0.541. The summed E-state index contributed by atoms with van der Waals surface area (Å²) in [5, 5.41) is 2.48. The average molecular weight is 593 g/mol. The second-order valence-electron chi connectivity index (χ2n) is 13.6. The lowest BCUT2D eigenvalue weighted by Gasteiger charge is -2.39. The van der Waals surface area contributed by atoms with Gasteiger partial charge in [0, 0.05) is 39.5 Å². The van der Waals surface area contributed by atoms with Gasteiger partial charge in [-0.05, 0) is 88.7 Å². The number of hydrogen-bond donors (Lipinski definition) is 0. The maximum absolute atomic E-state index is 2.56. The van der Waals surface area contributed by atoms with E-state index in [1.54, 1.807) is 0 Å². The molecule has 0 spiro atoms. The quantitative estimate of drug-likeness (QED) is 0.201. The van der Waals surface area contributed by atoms with E-state index in [-0.39, 0.29) is 11.0 Å². The Morgan fingerprint density at radius 3 is 2.20 bits per heavy atom. The summed E-state index contributed by atoms with van der Waals surface area (Å²) in [6, 6.07) is 49.2. The van der Waals surface area contributed by atoms with E-state index < -0.39 is 0 Å². The van der Waals surface area contributed by atoms with Gasteiger partial charge in [0.15, 0.2) is 0 Å². The number of anilines is 5. The molecule has 0 saturated heterocycles. The first kappa shape index (κ1) is 27.0. The highest BCUT2D eigenvalue weighted by atomic mass is 15.2. The number of allylic oxidation sites excluding steroid dienone is 2. The fourth-order valence-corrected chi connectivity index (χ4v) is 8.39. The fourth-order valence-electron chi connectivity index (χ4n) is 8.39. The van der Waals surface area contributed by atoms with Crippen molar-refractivity contribution >= 4 is 39.2 Å². The molecular formula is C44H36N2. The van der Waals surface area contributed by atoms with Crippen LogP contribution in [0.5, 0.6) is 0 Å². The number of para-hydroxylation sites is 2. The second-order valence-corrected chi connectivity index (χ2v) is 13.6. The zero-order valence-electron chi connectivity index (χ0n) is 26.5. The second kappa shape index (κ2) is 9.83. The molecule has 2 atom stereocenters. The van der Waals surface area contributed by atoms with E-state index >= 15 is 0 Å². The highest BCUT2D eigenvalue weighted by Gasteiger charge is 2.47. The molecular weight excluding hydrogens is 556 g/mol. The summed E-state index contributed by atoms with van der Waals surface area (Å²) >= 11 is 0. The number of hydrogen-bond acceptors (Lipinski definition) is 2.